The molecule has 0 bridgehead atoms. The average Bonchev–Trinajstić information content (AvgIpc) is 3.17. The highest BCUT2D eigenvalue weighted by molar-refractivity contribution is 7.90. The van der Waals surface area contributed by atoms with Gasteiger partial charge >= 0.3 is 0 Å². The first kappa shape index (κ1) is 24.0. The van der Waals surface area contributed by atoms with Crippen LogP contribution in [0.25, 0.3) is 16.8 Å². The topological polar surface area (TPSA) is 136 Å². The summed E-state index contributed by atoms with van der Waals surface area (Å²) >= 11 is 6.97. The number of nitrogens with one attached hydrogen (secondary N) is 1. The number of anilines is 2. The van der Waals surface area contributed by atoms with Crippen LogP contribution in [0.5, 0.6) is 0 Å². The van der Waals surface area contributed by atoms with Crippen molar-refractivity contribution in [2.75, 3.05) is 30.0 Å². The van der Waals surface area contributed by atoms with Crippen molar-refractivity contribution in [1.29, 1.82) is 0 Å². The summed E-state index contributed by atoms with van der Waals surface area (Å²) in [6.45, 7) is 1.23. The maximum atomic E-state index is 12.7. The van der Waals surface area contributed by atoms with Gasteiger partial charge in [0.1, 0.15) is 11.8 Å². The molecule has 12 heteroatoms. The van der Waals surface area contributed by atoms with Gasteiger partial charge in [-0.3, -0.25) is 9.78 Å². The van der Waals surface area contributed by atoms with Crippen molar-refractivity contribution < 1.29 is 13.2 Å². The summed E-state index contributed by atoms with van der Waals surface area (Å²) in [7, 11) is -3.34. The van der Waals surface area contributed by atoms with E-state index in [0.717, 1.165) is 19.1 Å². The molecule has 1 aliphatic heterocycles. The molecule has 1 aliphatic rings. The molecule has 0 aliphatic carbocycles. The minimum absolute atomic E-state index is 0.103. The fraction of sp³-hybridized carbons (Fsp3) is 0.250. The summed E-state index contributed by atoms with van der Waals surface area (Å²) in [6.07, 6.45) is 7.34. The fourth-order valence-corrected chi connectivity index (χ4v) is 5.56. The molecule has 36 heavy (non-hydrogen) atoms. The van der Waals surface area contributed by atoms with Crippen molar-refractivity contribution in [2.45, 2.75) is 23.8 Å². The smallest absolute Gasteiger partial charge is 0.251 e. The standard InChI is InChI=1S/C24H24ClN7O3S/c1-36(34,35)18-6-4-15(5-7-18)20-19(25)21(22-23(26)28-14-29-32(20)22)31-12-2-3-17(13-31)30-24(33)16-8-10-27-11-9-16/h4-11,14,17H,2-3,12-13H2,1H3,(H,30,33)(H2,26,28,29)/t17-/m1/s1. The Kier molecular flexibility index (Phi) is 6.27. The maximum absolute atomic E-state index is 12.7. The predicted molar refractivity (Wildman–Crippen MR) is 138 cm³/mol. The van der Waals surface area contributed by atoms with Gasteiger partial charge in [0.05, 0.1) is 21.3 Å². The Bertz CT molecular complexity index is 1540. The Hall–Kier alpha value is -3.70. The molecule has 0 unspecified atom stereocenters. The molecule has 5 rings (SSSR count). The molecular weight excluding hydrogens is 502 g/mol. The van der Waals surface area contributed by atoms with Crippen LogP contribution in [0.1, 0.15) is 23.2 Å². The van der Waals surface area contributed by atoms with E-state index in [-0.39, 0.29) is 22.7 Å². The number of nitrogen functional groups attached to an aromatic ring is 1. The van der Waals surface area contributed by atoms with Crippen molar-refractivity contribution in [2.24, 2.45) is 0 Å². The zero-order valence-electron chi connectivity index (χ0n) is 19.4. The van der Waals surface area contributed by atoms with Gasteiger partial charge in [-0.2, -0.15) is 5.10 Å². The molecule has 0 spiro atoms. The summed E-state index contributed by atoms with van der Waals surface area (Å²) in [5.41, 5.74) is 9.34. The number of hydrogen-bond donors (Lipinski definition) is 2. The molecular formula is C24H24ClN7O3S. The van der Waals surface area contributed by atoms with Gasteiger partial charge in [0.25, 0.3) is 5.91 Å². The Labute approximate surface area is 213 Å². The number of carbonyl (C=O) groups is 1. The lowest BCUT2D eigenvalue weighted by Gasteiger charge is -2.34. The van der Waals surface area contributed by atoms with Gasteiger partial charge in [-0.05, 0) is 37.1 Å². The lowest BCUT2D eigenvalue weighted by atomic mass is 10.0. The van der Waals surface area contributed by atoms with Crippen molar-refractivity contribution >= 4 is 44.4 Å². The van der Waals surface area contributed by atoms with Crippen LogP contribution in [0.4, 0.5) is 11.5 Å². The van der Waals surface area contributed by atoms with Crippen molar-refractivity contribution in [3.63, 3.8) is 0 Å². The third kappa shape index (κ3) is 4.47. The molecule has 186 valence electrons. The van der Waals surface area contributed by atoms with E-state index in [0.29, 0.717) is 46.1 Å². The quantitative estimate of drug-likeness (QED) is 0.406. The molecule has 1 saturated heterocycles. The third-order valence-corrected chi connectivity index (χ3v) is 7.73. The second-order valence-corrected chi connectivity index (χ2v) is 11.1. The number of piperidine rings is 1. The van der Waals surface area contributed by atoms with Crippen LogP contribution < -0.4 is 16.0 Å². The van der Waals surface area contributed by atoms with E-state index in [1.165, 1.54) is 18.5 Å². The van der Waals surface area contributed by atoms with Gasteiger partial charge in [0.2, 0.25) is 0 Å². The SMILES string of the molecule is CS(=O)(=O)c1ccc(-c2c(Cl)c(N3CCC[C@@H](NC(=O)c4ccncc4)C3)c3c(N)ncnn23)cc1. The van der Waals surface area contributed by atoms with Gasteiger partial charge in [0, 0.05) is 48.9 Å². The first-order chi connectivity index (χ1) is 17.2. The second kappa shape index (κ2) is 9.40. The number of amides is 1. The van der Waals surface area contributed by atoms with Crippen molar-refractivity contribution in [1.82, 2.24) is 24.9 Å². The van der Waals surface area contributed by atoms with Gasteiger partial charge in [0.15, 0.2) is 15.7 Å². The Morgan fingerprint density at radius 1 is 1.17 bits per heavy atom. The number of fused-ring (bicyclic) bond motifs is 1. The Morgan fingerprint density at radius 3 is 2.58 bits per heavy atom. The summed E-state index contributed by atoms with van der Waals surface area (Å²) in [4.78, 5) is 23.1. The van der Waals surface area contributed by atoms with Crippen LogP contribution in [-0.2, 0) is 9.84 Å². The summed E-state index contributed by atoms with van der Waals surface area (Å²) in [5, 5.41) is 7.92. The van der Waals surface area contributed by atoms with Crippen LogP contribution in [0, 0.1) is 0 Å². The van der Waals surface area contributed by atoms with E-state index in [2.05, 4.69) is 25.3 Å². The van der Waals surface area contributed by atoms with E-state index in [9.17, 15) is 13.2 Å². The highest BCUT2D eigenvalue weighted by atomic mass is 35.5. The van der Waals surface area contributed by atoms with E-state index in [1.807, 2.05) is 0 Å². The molecule has 10 nitrogen and oxygen atoms in total. The highest BCUT2D eigenvalue weighted by Gasteiger charge is 2.30. The summed E-state index contributed by atoms with van der Waals surface area (Å²) in [6, 6.07) is 9.71. The third-order valence-electron chi connectivity index (χ3n) is 6.24. The van der Waals surface area contributed by atoms with Crippen molar-refractivity contribution in [3.8, 4) is 11.3 Å². The second-order valence-electron chi connectivity index (χ2n) is 8.71. The number of nitrogens with two attached hydrogens (primary N) is 1. The monoisotopic (exact) mass is 525 g/mol. The molecule has 4 aromatic rings. The molecule has 4 heterocycles. The number of benzene rings is 1. The first-order valence-electron chi connectivity index (χ1n) is 11.3. The minimum Gasteiger partial charge on any atom is -0.382 e. The highest BCUT2D eigenvalue weighted by Crippen LogP contribution is 2.43. The van der Waals surface area contributed by atoms with Crippen LogP contribution in [0.15, 0.2) is 60.0 Å². The number of sulfone groups is 1. The Morgan fingerprint density at radius 2 is 1.89 bits per heavy atom. The largest absolute Gasteiger partial charge is 0.382 e. The van der Waals surface area contributed by atoms with E-state index in [1.54, 1.807) is 41.2 Å². The van der Waals surface area contributed by atoms with Gasteiger partial charge in [-0.15, -0.1) is 0 Å². The number of carbonyl (C=O) groups excluding carboxylic acids is 1. The fourth-order valence-electron chi connectivity index (χ4n) is 4.53. The molecule has 1 atom stereocenters. The van der Waals surface area contributed by atoms with Crippen LogP contribution in [0.3, 0.4) is 0 Å². The zero-order chi connectivity index (χ0) is 25.4. The Balaban J connectivity index is 1.52. The van der Waals surface area contributed by atoms with E-state index < -0.39 is 9.84 Å². The number of halogens is 1. The molecule has 1 fully saturated rings. The molecule has 3 aromatic heterocycles. The molecule has 0 saturated carbocycles. The average molecular weight is 526 g/mol. The van der Waals surface area contributed by atoms with Crippen LogP contribution >= 0.6 is 11.6 Å². The van der Waals surface area contributed by atoms with Crippen LogP contribution in [-0.4, -0.2) is 59.3 Å². The van der Waals surface area contributed by atoms with Crippen molar-refractivity contribution in [3.05, 3.63) is 65.7 Å². The summed E-state index contributed by atoms with van der Waals surface area (Å²) in [5.74, 6) is 0.107. The number of pyridine rings is 1. The minimum atomic E-state index is -3.34. The first-order valence-corrected chi connectivity index (χ1v) is 13.6. The normalized spacial score (nSPS) is 16.3. The van der Waals surface area contributed by atoms with Gasteiger partial charge in [-0.1, -0.05) is 23.7 Å². The van der Waals surface area contributed by atoms with Gasteiger partial charge < -0.3 is 16.0 Å². The number of hydrogen-bond acceptors (Lipinski definition) is 8. The number of aromatic nitrogens is 4. The summed E-state index contributed by atoms with van der Waals surface area (Å²) < 4.78 is 25.4. The maximum Gasteiger partial charge on any atom is 0.251 e. The molecule has 3 N–H and O–H groups in total. The number of rotatable bonds is 5. The van der Waals surface area contributed by atoms with Gasteiger partial charge in [-0.25, -0.2) is 17.9 Å². The predicted octanol–water partition coefficient (Wildman–Crippen LogP) is 2.83. The zero-order valence-corrected chi connectivity index (χ0v) is 21.0. The lowest BCUT2D eigenvalue weighted by Crippen LogP contribution is -2.48. The van der Waals surface area contributed by atoms with E-state index >= 15 is 0 Å². The van der Waals surface area contributed by atoms with Crippen LogP contribution in [0.2, 0.25) is 5.02 Å². The molecule has 1 amide bonds. The molecule has 0 radical (unpaired) electrons. The lowest BCUT2D eigenvalue weighted by molar-refractivity contribution is 0.0933. The molecule has 1 aromatic carbocycles. The van der Waals surface area contributed by atoms with E-state index in [4.69, 9.17) is 17.3 Å². The number of nitrogens with zero attached hydrogens (tertiary/aromatic N) is 5.